The quantitative estimate of drug-likeness (QED) is 0.139. The van der Waals surface area contributed by atoms with E-state index in [1.165, 1.54) is 0 Å². The minimum absolute atomic E-state index is 0.440. The number of aromatic nitrogens is 3. The van der Waals surface area contributed by atoms with E-state index >= 15 is 0 Å². The number of ether oxygens (including phenoxy) is 3. The minimum atomic E-state index is 0.440. The van der Waals surface area contributed by atoms with E-state index in [2.05, 4.69) is 63.4 Å². The lowest BCUT2D eigenvalue weighted by atomic mass is 10.0. The molecule has 0 aliphatic carbocycles. The third-order valence-electron chi connectivity index (χ3n) is 8.13. The second-order valence-corrected chi connectivity index (χ2v) is 11.3. The first-order chi connectivity index (χ1) is 24.2. The van der Waals surface area contributed by atoms with Crippen molar-refractivity contribution < 1.29 is 14.2 Å². The van der Waals surface area contributed by atoms with Crippen molar-refractivity contribution in [3.05, 3.63) is 164 Å². The van der Waals surface area contributed by atoms with Crippen LogP contribution in [0.15, 0.2) is 158 Å². The zero-order valence-electron chi connectivity index (χ0n) is 27.2. The first-order valence-corrected chi connectivity index (χ1v) is 15.9. The van der Waals surface area contributed by atoms with E-state index < -0.39 is 0 Å². The summed E-state index contributed by atoms with van der Waals surface area (Å²) in [6.07, 6.45) is 3.56. The van der Waals surface area contributed by atoms with Crippen LogP contribution in [-0.2, 0) is 6.61 Å². The molecule has 7 heteroatoms. The summed E-state index contributed by atoms with van der Waals surface area (Å²) in [5.74, 6) is 2.39. The minimum Gasteiger partial charge on any atom is -0.497 e. The molecule has 0 saturated heterocycles. The highest BCUT2D eigenvalue weighted by Crippen LogP contribution is 2.37. The van der Waals surface area contributed by atoms with E-state index in [1.807, 2.05) is 97.1 Å². The number of nitrogens with zero attached hydrogens (tertiary/aromatic N) is 4. The van der Waals surface area contributed by atoms with Crippen molar-refractivity contribution in [2.45, 2.75) is 6.61 Å². The van der Waals surface area contributed by atoms with Gasteiger partial charge in [-0.15, -0.1) is 0 Å². The fourth-order valence-corrected chi connectivity index (χ4v) is 5.55. The molecule has 0 amide bonds. The van der Waals surface area contributed by atoms with E-state index in [9.17, 15) is 0 Å². The summed E-state index contributed by atoms with van der Waals surface area (Å²) in [6.45, 7) is 0.440. The SMILES string of the molecule is COc1ccc(N(c2ccc(OC)cc2)c2ccc(OCc3ccc(-c4cc(-c5ccccn5)nc(-c5ccccn5)c4)cc3)cc2)cc1. The third-order valence-corrected chi connectivity index (χ3v) is 8.13. The Morgan fingerprint density at radius 1 is 0.469 bits per heavy atom. The van der Waals surface area contributed by atoms with Crippen LogP contribution in [-0.4, -0.2) is 29.2 Å². The number of pyridine rings is 3. The molecule has 0 aliphatic heterocycles. The third kappa shape index (κ3) is 7.26. The van der Waals surface area contributed by atoms with Crippen molar-refractivity contribution in [3.63, 3.8) is 0 Å². The first kappa shape index (κ1) is 31.1. The van der Waals surface area contributed by atoms with Gasteiger partial charge in [-0.2, -0.15) is 0 Å². The molecule has 0 spiro atoms. The zero-order valence-corrected chi connectivity index (χ0v) is 27.2. The molecule has 0 unspecified atom stereocenters. The lowest BCUT2D eigenvalue weighted by Gasteiger charge is -2.26. The average Bonchev–Trinajstić information content (AvgIpc) is 3.19. The molecule has 0 atom stereocenters. The molecule has 3 aromatic heterocycles. The Bertz CT molecular complexity index is 2000. The van der Waals surface area contributed by atoms with Crippen molar-refractivity contribution in [2.75, 3.05) is 19.1 Å². The summed E-state index contributed by atoms with van der Waals surface area (Å²) < 4.78 is 17.0. The van der Waals surface area contributed by atoms with Gasteiger partial charge in [-0.05, 0) is 126 Å². The van der Waals surface area contributed by atoms with Gasteiger partial charge in [-0.3, -0.25) is 9.97 Å². The fraction of sp³-hybridized carbons (Fsp3) is 0.0714. The lowest BCUT2D eigenvalue weighted by molar-refractivity contribution is 0.306. The molecular formula is C42H34N4O3. The molecule has 4 aromatic carbocycles. The standard InChI is InChI=1S/C42H34N4O3/c1-47-36-19-13-33(14-20-36)46(34-15-21-37(48-2)22-16-34)35-17-23-38(24-18-35)49-29-30-9-11-31(12-10-30)32-27-41(39-7-3-5-25-43-39)45-42(28-32)40-8-4-6-26-44-40/h3-28H,29H2,1-2H3. The predicted octanol–water partition coefficient (Wildman–Crippen LogP) is 9.94. The topological polar surface area (TPSA) is 69.6 Å². The van der Waals surface area contributed by atoms with Gasteiger partial charge >= 0.3 is 0 Å². The lowest BCUT2D eigenvalue weighted by Crippen LogP contribution is -2.09. The molecular weight excluding hydrogens is 608 g/mol. The highest BCUT2D eigenvalue weighted by Gasteiger charge is 2.14. The Morgan fingerprint density at radius 3 is 1.37 bits per heavy atom. The maximum absolute atomic E-state index is 6.22. The summed E-state index contributed by atoms with van der Waals surface area (Å²) in [6, 6.07) is 48.4. The number of hydrogen-bond donors (Lipinski definition) is 0. The van der Waals surface area contributed by atoms with Gasteiger partial charge in [0.25, 0.3) is 0 Å². The maximum atomic E-state index is 6.22. The molecule has 7 nitrogen and oxygen atoms in total. The van der Waals surface area contributed by atoms with E-state index in [0.717, 1.165) is 73.8 Å². The summed E-state index contributed by atoms with van der Waals surface area (Å²) >= 11 is 0. The Balaban J connectivity index is 1.09. The number of anilines is 3. The van der Waals surface area contributed by atoms with Gasteiger partial charge in [0.05, 0.1) is 37.0 Å². The zero-order chi connectivity index (χ0) is 33.4. The Hall–Kier alpha value is -6.47. The van der Waals surface area contributed by atoms with Crippen molar-refractivity contribution in [1.82, 2.24) is 15.0 Å². The van der Waals surface area contributed by atoms with E-state index in [0.29, 0.717) is 6.61 Å². The molecule has 0 N–H and O–H groups in total. The van der Waals surface area contributed by atoms with Crippen LogP contribution in [0.3, 0.4) is 0 Å². The summed E-state index contributed by atoms with van der Waals surface area (Å²) in [7, 11) is 3.34. The van der Waals surface area contributed by atoms with Crippen LogP contribution < -0.4 is 19.1 Å². The van der Waals surface area contributed by atoms with E-state index in [4.69, 9.17) is 19.2 Å². The molecule has 7 rings (SSSR count). The van der Waals surface area contributed by atoms with Crippen LogP contribution in [0.5, 0.6) is 17.2 Å². The van der Waals surface area contributed by atoms with Crippen molar-refractivity contribution in [3.8, 4) is 51.2 Å². The predicted molar refractivity (Wildman–Crippen MR) is 195 cm³/mol. The van der Waals surface area contributed by atoms with Crippen LogP contribution in [0.25, 0.3) is 33.9 Å². The van der Waals surface area contributed by atoms with Crippen molar-refractivity contribution >= 4 is 17.1 Å². The van der Waals surface area contributed by atoms with Crippen LogP contribution in [0, 0.1) is 0 Å². The fourth-order valence-electron chi connectivity index (χ4n) is 5.55. The van der Waals surface area contributed by atoms with Gasteiger partial charge in [0, 0.05) is 29.5 Å². The van der Waals surface area contributed by atoms with Gasteiger partial charge in [-0.25, -0.2) is 4.98 Å². The summed E-state index contributed by atoms with van der Waals surface area (Å²) in [5, 5.41) is 0. The molecule has 3 heterocycles. The second kappa shape index (κ2) is 14.5. The van der Waals surface area contributed by atoms with Gasteiger partial charge in [-0.1, -0.05) is 36.4 Å². The molecule has 0 radical (unpaired) electrons. The van der Waals surface area contributed by atoms with Crippen molar-refractivity contribution in [1.29, 1.82) is 0 Å². The van der Waals surface area contributed by atoms with Gasteiger partial charge < -0.3 is 19.1 Å². The maximum Gasteiger partial charge on any atom is 0.119 e. The van der Waals surface area contributed by atoms with Gasteiger partial charge in [0.1, 0.15) is 23.9 Å². The second-order valence-electron chi connectivity index (χ2n) is 11.3. The Labute approximate surface area is 286 Å². The molecule has 49 heavy (non-hydrogen) atoms. The Kier molecular flexibility index (Phi) is 9.23. The van der Waals surface area contributed by atoms with Gasteiger partial charge in [0.2, 0.25) is 0 Å². The molecule has 0 saturated carbocycles. The molecule has 240 valence electrons. The molecule has 0 fully saturated rings. The number of benzene rings is 4. The summed E-state index contributed by atoms with van der Waals surface area (Å²) in [5.41, 5.74) is 9.41. The van der Waals surface area contributed by atoms with Crippen LogP contribution in [0.4, 0.5) is 17.1 Å². The highest BCUT2D eigenvalue weighted by atomic mass is 16.5. The molecule has 0 bridgehead atoms. The number of methoxy groups -OCH3 is 2. The summed E-state index contributed by atoms with van der Waals surface area (Å²) in [4.78, 5) is 16.1. The molecule has 7 aromatic rings. The van der Waals surface area contributed by atoms with E-state index in [1.54, 1.807) is 26.6 Å². The van der Waals surface area contributed by atoms with Crippen LogP contribution >= 0.6 is 0 Å². The van der Waals surface area contributed by atoms with Gasteiger partial charge in [0.15, 0.2) is 0 Å². The largest absolute Gasteiger partial charge is 0.497 e. The van der Waals surface area contributed by atoms with Crippen LogP contribution in [0.1, 0.15) is 5.56 Å². The van der Waals surface area contributed by atoms with Crippen molar-refractivity contribution in [2.24, 2.45) is 0 Å². The van der Waals surface area contributed by atoms with E-state index in [-0.39, 0.29) is 0 Å². The average molecular weight is 643 g/mol. The normalized spacial score (nSPS) is 10.7. The number of hydrogen-bond acceptors (Lipinski definition) is 7. The smallest absolute Gasteiger partial charge is 0.119 e. The number of rotatable bonds is 11. The van der Waals surface area contributed by atoms with Crippen LogP contribution in [0.2, 0.25) is 0 Å². The monoisotopic (exact) mass is 642 g/mol. The molecule has 0 aliphatic rings. The Morgan fingerprint density at radius 2 is 0.939 bits per heavy atom. The highest BCUT2D eigenvalue weighted by molar-refractivity contribution is 5.77. The first-order valence-electron chi connectivity index (χ1n) is 15.9.